The summed E-state index contributed by atoms with van der Waals surface area (Å²) in [5, 5.41) is 7.60. The van der Waals surface area contributed by atoms with Crippen LogP contribution in [0.3, 0.4) is 0 Å². The number of hydrogen-bond donors (Lipinski definition) is 2. The number of nitrogens with zero attached hydrogens (tertiary/aromatic N) is 2. The zero-order valence-electron chi connectivity index (χ0n) is 16.1. The van der Waals surface area contributed by atoms with Gasteiger partial charge in [0, 0.05) is 36.3 Å². The molecule has 0 unspecified atom stereocenters. The Morgan fingerprint density at radius 1 is 1.26 bits per heavy atom. The summed E-state index contributed by atoms with van der Waals surface area (Å²) in [5.74, 6) is 0.125. The summed E-state index contributed by atoms with van der Waals surface area (Å²) in [6.45, 7) is 6.40. The molecule has 2 saturated heterocycles. The predicted octanol–water partition coefficient (Wildman–Crippen LogP) is 1.81. The Morgan fingerprint density at radius 3 is 2.74 bits per heavy atom. The van der Waals surface area contributed by atoms with Crippen molar-refractivity contribution in [3.05, 3.63) is 36.0 Å². The Labute approximate surface area is 159 Å². The van der Waals surface area contributed by atoms with Crippen molar-refractivity contribution in [1.29, 1.82) is 0 Å². The van der Waals surface area contributed by atoms with Gasteiger partial charge in [0.1, 0.15) is 6.54 Å². The molecule has 1 spiro atoms. The van der Waals surface area contributed by atoms with Gasteiger partial charge in [-0.1, -0.05) is 18.2 Å². The van der Waals surface area contributed by atoms with E-state index in [1.165, 1.54) is 0 Å². The number of rotatable bonds is 3. The van der Waals surface area contributed by atoms with Gasteiger partial charge in [0.25, 0.3) is 0 Å². The fraction of sp³-hybridized carbons (Fsp3) is 0.524. The second-order valence-corrected chi connectivity index (χ2v) is 8.01. The smallest absolute Gasteiger partial charge is 0.243 e. The van der Waals surface area contributed by atoms with Crippen molar-refractivity contribution < 1.29 is 9.59 Å². The predicted molar refractivity (Wildman–Crippen MR) is 105 cm³/mol. The maximum absolute atomic E-state index is 13.4. The van der Waals surface area contributed by atoms with Crippen LogP contribution < -0.4 is 10.6 Å². The van der Waals surface area contributed by atoms with E-state index in [0.717, 1.165) is 48.9 Å². The normalized spacial score (nSPS) is 21.7. The van der Waals surface area contributed by atoms with Gasteiger partial charge in [-0.3, -0.25) is 9.59 Å². The maximum atomic E-state index is 13.4. The monoisotopic (exact) mass is 368 g/mol. The van der Waals surface area contributed by atoms with Crippen molar-refractivity contribution in [2.24, 2.45) is 0 Å². The minimum absolute atomic E-state index is 0.0226. The fourth-order valence-corrected chi connectivity index (χ4v) is 4.94. The van der Waals surface area contributed by atoms with Crippen molar-refractivity contribution in [2.75, 3.05) is 19.6 Å². The highest BCUT2D eigenvalue weighted by Crippen LogP contribution is 2.37. The van der Waals surface area contributed by atoms with Crippen LogP contribution in [0.5, 0.6) is 0 Å². The van der Waals surface area contributed by atoms with E-state index in [9.17, 15) is 9.59 Å². The molecule has 4 rings (SSSR count). The van der Waals surface area contributed by atoms with Crippen molar-refractivity contribution in [3.8, 4) is 0 Å². The number of para-hydroxylation sites is 1. The first-order valence-corrected chi connectivity index (χ1v) is 9.82. The van der Waals surface area contributed by atoms with Gasteiger partial charge in [0.15, 0.2) is 0 Å². The minimum atomic E-state index is -0.133. The van der Waals surface area contributed by atoms with E-state index in [0.29, 0.717) is 13.1 Å². The summed E-state index contributed by atoms with van der Waals surface area (Å²) >= 11 is 0. The van der Waals surface area contributed by atoms with Crippen LogP contribution in [0.4, 0.5) is 0 Å². The van der Waals surface area contributed by atoms with Crippen LogP contribution in [0.1, 0.15) is 31.9 Å². The lowest BCUT2D eigenvalue weighted by atomic mass is 9.85. The standard InChI is InChI=1S/C21H28N4O2/c1-15-11-17-5-3-4-6-19(17)24(15)14-20(27)25-13-18(23-16(2)26)12-21(25)7-9-22-10-8-21/h3-6,11,18,22H,7-10,12-14H2,1-2H3,(H,23,26)/t18-/m0/s1. The van der Waals surface area contributed by atoms with E-state index in [2.05, 4.69) is 45.2 Å². The third-order valence-corrected chi connectivity index (χ3v) is 6.16. The SMILES string of the molecule is CC(=O)N[C@@H]1CN(C(=O)Cn2c(C)cc3ccccc32)C2(CCNCC2)C1. The van der Waals surface area contributed by atoms with Gasteiger partial charge < -0.3 is 20.1 Å². The molecule has 2 N–H and O–H groups in total. The average molecular weight is 368 g/mol. The van der Waals surface area contributed by atoms with Crippen molar-refractivity contribution in [3.63, 3.8) is 0 Å². The first-order chi connectivity index (χ1) is 13.0. The number of aryl methyl sites for hydroxylation is 1. The van der Waals surface area contributed by atoms with Crippen molar-refractivity contribution >= 4 is 22.7 Å². The lowest BCUT2D eigenvalue weighted by Crippen LogP contribution is -2.53. The van der Waals surface area contributed by atoms with Crippen LogP contribution >= 0.6 is 0 Å². The summed E-state index contributed by atoms with van der Waals surface area (Å²) in [6.07, 6.45) is 2.74. The van der Waals surface area contributed by atoms with Crippen molar-refractivity contribution in [2.45, 2.75) is 51.2 Å². The van der Waals surface area contributed by atoms with Gasteiger partial charge in [-0.2, -0.15) is 0 Å². The topological polar surface area (TPSA) is 66.4 Å². The van der Waals surface area contributed by atoms with Gasteiger partial charge in [-0.05, 0) is 56.8 Å². The van der Waals surface area contributed by atoms with Crippen LogP contribution in [0.15, 0.2) is 30.3 Å². The lowest BCUT2D eigenvalue weighted by molar-refractivity contribution is -0.137. The Hall–Kier alpha value is -2.34. The molecule has 1 atom stereocenters. The van der Waals surface area contributed by atoms with Crippen LogP contribution in [-0.4, -0.2) is 52.5 Å². The highest BCUT2D eigenvalue weighted by molar-refractivity contribution is 5.85. The number of carbonyl (C=O) groups excluding carboxylic acids is 2. The van der Waals surface area contributed by atoms with Gasteiger partial charge in [0.2, 0.25) is 11.8 Å². The summed E-state index contributed by atoms with van der Waals surface area (Å²) < 4.78 is 2.11. The molecule has 2 aliphatic rings. The molecule has 2 fully saturated rings. The summed E-state index contributed by atoms with van der Waals surface area (Å²) in [4.78, 5) is 27.0. The molecular formula is C21H28N4O2. The molecule has 0 radical (unpaired) electrons. The highest BCUT2D eigenvalue weighted by atomic mass is 16.2. The summed E-state index contributed by atoms with van der Waals surface area (Å²) in [7, 11) is 0. The highest BCUT2D eigenvalue weighted by Gasteiger charge is 2.48. The zero-order valence-corrected chi connectivity index (χ0v) is 16.1. The first-order valence-electron chi connectivity index (χ1n) is 9.82. The van der Waals surface area contributed by atoms with Crippen LogP contribution in [-0.2, 0) is 16.1 Å². The Kier molecular flexibility index (Phi) is 4.68. The average Bonchev–Trinajstić information content (AvgIpc) is 3.13. The molecule has 2 aromatic rings. The maximum Gasteiger partial charge on any atom is 0.243 e. The van der Waals surface area contributed by atoms with Crippen LogP contribution in [0, 0.1) is 6.92 Å². The minimum Gasteiger partial charge on any atom is -0.352 e. The first kappa shape index (κ1) is 18.0. The zero-order chi connectivity index (χ0) is 19.0. The van der Waals surface area contributed by atoms with Crippen LogP contribution in [0.25, 0.3) is 10.9 Å². The number of aromatic nitrogens is 1. The lowest BCUT2D eigenvalue weighted by Gasteiger charge is -2.41. The molecule has 2 amide bonds. The number of fused-ring (bicyclic) bond motifs is 1. The molecular weight excluding hydrogens is 340 g/mol. The van der Waals surface area contributed by atoms with E-state index in [1.807, 2.05) is 12.1 Å². The van der Waals surface area contributed by atoms with E-state index in [-0.39, 0.29) is 23.4 Å². The van der Waals surface area contributed by atoms with E-state index < -0.39 is 0 Å². The summed E-state index contributed by atoms with van der Waals surface area (Å²) in [5.41, 5.74) is 2.06. The van der Waals surface area contributed by atoms with Crippen molar-refractivity contribution in [1.82, 2.24) is 20.1 Å². The molecule has 3 heterocycles. The third-order valence-electron chi connectivity index (χ3n) is 6.16. The number of piperidine rings is 1. The Morgan fingerprint density at radius 2 is 2.00 bits per heavy atom. The molecule has 0 aliphatic carbocycles. The van der Waals surface area contributed by atoms with Crippen LogP contribution in [0.2, 0.25) is 0 Å². The fourth-order valence-electron chi connectivity index (χ4n) is 4.94. The summed E-state index contributed by atoms with van der Waals surface area (Å²) in [6, 6.07) is 10.4. The molecule has 27 heavy (non-hydrogen) atoms. The molecule has 2 aliphatic heterocycles. The number of amides is 2. The van der Waals surface area contributed by atoms with Gasteiger partial charge >= 0.3 is 0 Å². The molecule has 0 saturated carbocycles. The molecule has 0 bridgehead atoms. The number of hydrogen-bond acceptors (Lipinski definition) is 3. The van der Waals surface area contributed by atoms with Gasteiger partial charge in [-0.15, -0.1) is 0 Å². The molecule has 144 valence electrons. The van der Waals surface area contributed by atoms with E-state index in [1.54, 1.807) is 6.92 Å². The van der Waals surface area contributed by atoms with E-state index >= 15 is 0 Å². The molecule has 6 heteroatoms. The molecule has 1 aromatic heterocycles. The second kappa shape index (κ2) is 7.00. The quantitative estimate of drug-likeness (QED) is 0.868. The van der Waals surface area contributed by atoms with E-state index in [4.69, 9.17) is 0 Å². The van der Waals surface area contributed by atoms with Gasteiger partial charge in [-0.25, -0.2) is 0 Å². The van der Waals surface area contributed by atoms with Gasteiger partial charge in [0.05, 0.1) is 0 Å². The number of carbonyl (C=O) groups is 2. The second-order valence-electron chi connectivity index (χ2n) is 8.01. The third kappa shape index (κ3) is 3.34. The largest absolute Gasteiger partial charge is 0.352 e. The number of nitrogens with one attached hydrogen (secondary N) is 2. The molecule has 1 aromatic carbocycles. The Balaban J connectivity index is 1.60. The molecule has 6 nitrogen and oxygen atoms in total. The number of benzene rings is 1. The Bertz CT molecular complexity index is 866. The number of likely N-dealkylation sites (tertiary alicyclic amines) is 1.